The highest BCUT2D eigenvalue weighted by atomic mass is 15.4. The zero-order valence-electron chi connectivity index (χ0n) is 13.8. The Morgan fingerprint density at radius 3 is 2.00 bits per heavy atom. The number of hydrogen-bond acceptors (Lipinski definition) is 0. The van der Waals surface area contributed by atoms with Gasteiger partial charge in [-0.25, -0.2) is 0 Å². The molecule has 0 N–H and O–H groups in total. The fourth-order valence-electron chi connectivity index (χ4n) is 4.53. The molecule has 1 saturated carbocycles. The number of quaternary nitrogens is 2. The van der Waals surface area contributed by atoms with Gasteiger partial charge in [-0.2, -0.15) is 0 Å². The van der Waals surface area contributed by atoms with Crippen molar-refractivity contribution in [1.82, 2.24) is 0 Å². The zero-order valence-corrected chi connectivity index (χ0v) is 13.8. The Kier molecular flexibility index (Phi) is 4.94. The van der Waals surface area contributed by atoms with Gasteiger partial charge in [0.2, 0.25) is 0 Å². The summed E-state index contributed by atoms with van der Waals surface area (Å²) in [5.74, 6) is 2.13. The monoisotopic (exact) mass is 268 g/mol. The van der Waals surface area contributed by atoms with Gasteiger partial charge >= 0.3 is 0 Å². The first-order valence-corrected chi connectivity index (χ1v) is 8.67. The molecule has 2 fully saturated rings. The van der Waals surface area contributed by atoms with E-state index in [1.165, 1.54) is 80.3 Å². The van der Waals surface area contributed by atoms with E-state index in [-0.39, 0.29) is 0 Å². The molecule has 0 radical (unpaired) electrons. The predicted molar refractivity (Wildman–Crippen MR) is 83.0 cm³/mol. The lowest BCUT2D eigenvalue weighted by molar-refractivity contribution is -0.922. The van der Waals surface area contributed by atoms with E-state index >= 15 is 0 Å². The van der Waals surface area contributed by atoms with Crippen molar-refractivity contribution >= 4 is 0 Å². The van der Waals surface area contributed by atoms with Crippen LogP contribution < -0.4 is 0 Å². The Bertz CT molecular complexity index is 269. The fourth-order valence-corrected chi connectivity index (χ4v) is 4.53. The van der Waals surface area contributed by atoms with Crippen molar-refractivity contribution in [1.29, 1.82) is 0 Å². The van der Waals surface area contributed by atoms with E-state index < -0.39 is 0 Å². The molecule has 1 aliphatic heterocycles. The summed E-state index contributed by atoms with van der Waals surface area (Å²) < 4.78 is 2.63. The van der Waals surface area contributed by atoms with E-state index in [0.29, 0.717) is 0 Å². The molecule has 1 saturated heterocycles. The number of rotatable bonds is 6. The van der Waals surface area contributed by atoms with Crippen molar-refractivity contribution in [2.24, 2.45) is 11.8 Å². The molecule has 0 bridgehead atoms. The normalized spacial score (nSPS) is 30.3. The Morgan fingerprint density at radius 2 is 1.53 bits per heavy atom. The van der Waals surface area contributed by atoms with Crippen LogP contribution in [-0.4, -0.2) is 62.3 Å². The second-order valence-corrected chi connectivity index (χ2v) is 7.84. The molecule has 0 amide bonds. The molecular weight excluding hydrogens is 232 g/mol. The molecule has 0 spiro atoms. The van der Waals surface area contributed by atoms with Crippen LogP contribution in [0.25, 0.3) is 0 Å². The molecule has 0 aromatic heterocycles. The van der Waals surface area contributed by atoms with Crippen LogP contribution in [0.2, 0.25) is 0 Å². The average Bonchev–Trinajstić information content (AvgIpc) is 2.74. The lowest BCUT2D eigenvalue weighted by Crippen LogP contribution is -2.48. The maximum atomic E-state index is 2.53. The highest BCUT2D eigenvalue weighted by molar-refractivity contribution is 4.80. The summed E-state index contributed by atoms with van der Waals surface area (Å²) in [5, 5.41) is 0. The quantitative estimate of drug-likeness (QED) is 0.649. The van der Waals surface area contributed by atoms with Crippen molar-refractivity contribution in [2.45, 2.75) is 46.0 Å². The van der Waals surface area contributed by atoms with Crippen LogP contribution in [0.4, 0.5) is 0 Å². The predicted octanol–water partition coefficient (Wildman–Crippen LogP) is 3.13. The maximum Gasteiger partial charge on any atom is 0.0839 e. The average molecular weight is 268 g/mol. The first kappa shape index (κ1) is 15.3. The van der Waals surface area contributed by atoms with Gasteiger partial charge in [-0.05, 0) is 26.7 Å². The third-order valence-electron chi connectivity index (χ3n) is 6.34. The smallest absolute Gasteiger partial charge is 0.0839 e. The summed E-state index contributed by atoms with van der Waals surface area (Å²) in [6, 6.07) is 0. The molecule has 2 rings (SSSR count). The minimum atomic E-state index is 1.07. The summed E-state index contributed by atoms with van der Waals surface area (Å²) in [6.07, 6.45) is 7.46. The molecule has 19 heavy (non-hydrogen) atoms. The molecule has 2 aliphatic rings. The molecule has 2 atom stereocenters. The van der Waals surface area contributed by atoms with Gasteiger partial charge in [0.05, 0.1) is 53.4 Å². The first-order valence-electron chi connectivity index (χ1n) is 8.67. The van der Waals surface area contributed by atoms with Gasteiger partial charge in [0.15, 0.2) is 0 Å². The van der Waals surface area contributed by atoms with E-state index in [0.717, 1.165) is 11.8 Å². The fraction of sp³-hybridized carbons (Fsp3) is 1.00. The largest absolute Gasteiger partial charge is 0.326 e. The molecule has 1 heterocycles. The lowest BCUT2D eigenvalue weighted by Gasteiger charge is -2.35. The van der Waals surface area contributed by atoms with Gasteiger partial charge in [-0.1, -0.05) is 12.8 Å². The first-order chi connectivity index (χ1) is 9.00. The topological polar surface area (TPSA) is 0 Å². The highest BCUT2D eigenvalue weighted by Crippen LogP contribution is 2.39. The van der Waals surface area contributed by atoms with Crippen LogP contribution in [-0.2, 0) is 0 Å². The van der Waals surface area contributed by atoms with Crippen molar-refractivity contribution in [2.75, 3.05) is 53.4 Å². The molecule has 2 heteroatoms. The van der Waals surface area contributed by atoms with Crippen LogP contribution in [0.1, 0.15) is 46.0 Å². The van der Waals surface area contributed by atoms with Gasteiger partial charge < -0.3 is 8.97 Å². The summed E-state index contributed by atoms with van der Waals surface area (Å²) in [4.78, 5) is 0. The van der Waals surface area contributed by atoms with Crippen molar-refractivity contribution in [3.8, 4) is 0 Å². The summed E-state index contributed by atoms with van der Waals surface area (Å²) >= 11 is 0. The second-order valence-electron chi connectivity index (χ2n) is 7.84. The van der Waals surface area contributed by atoms with Crippen LogP contribution in [0, 0.1) is 11.8 Å². The van der Waals surface area contributed by atoms with E-state index in [4.69, 9.17) is 0 Å². The number of fused-ring (bicyclic) bond motifs is 1. The third-order valence-corrected chi connectivity index (χ3v) is 6.34. The Balaban J connectivity index is 1.79. The van der Waals surface area contributed by atoms with Gasteiger partial charge in [-0.3, -0.25) is 0 Å². The van der Waals surface area contributed by atoms with Crippen molar-refractivity contribution in [3.05, 3.63) is 0 Å². The standard InChI is InChI=1S/C17H36N2/c1-5-18(3,6-2)12-9-13-19(4)14-16-10-7-8-11-17(16)15-19/h16-17H,5-15H2,1-4H3/q+2/t16-,17-/m1/s1. The van der Waals surface area contributed by atoms with Crippen molar-refractivity contribution < 1.29 is 8.97 Å². The molecule has 2 nitrogen and oxygen atoms in total. The van der Waals surface area contributed by atoms with E-state index in [1.54, 1.807) is 0 Å². The lowest BCUT2D eigenvalue weighted by atomic mass is 9.82. The van der Waals surface area contributed by atoms with Crippen LogP contribution >= 0.6 is 0 Å². The van der Waals surface area contributed by atoms with Gasteiger partial charge in [0, 0.05) is 18.3 Å². The molecule has 0 aromatic carbocycles. The van der Waals surface area contributed by atoms with Gasteiger partial charge in [0.25, 0.3) is 0 Å². The Morgan fingerprint density at radius 1 is 1.00 bits per heavy atom. The Labute approximate surface area is 121 Å². The molecule has 0 aromatic rings. The van der Waals surface area contributed by atoms with Crippen LogP contribution in [0.3, 0.4) is 0 Å². The summed E-state index contributed by atoms with van der Waals surface area (Å²) in [5.41, 5.74) is 0. The molecular formula is C17H36N2+2. The number of hydrogen-bond donors (Lipinski definition) is 0. The minimum Gasteiger partial charge on any atom is -0.326 e. The summed E-state index contributed by atoms with van der Waals surface area (Å²) in [6.45, 7) is 13.0. The molecule has 1 aliphatic carbocycles. The van der Waals surface area contributed by atoms with E-state index in [2.05, 4.69) is 27.9 Å². The van der Waals surface area contributed by atoms with Crippen molar-refractivity contribution in [3.63, 3.8) is 0 Å². The zero-order chi connectivity index (χ0) is 13.9. The van der Waals surface area contributed by atoms with Crippen LogP contribution in [0.15, 0.2) is 0 Å². The van der Waals surface area contributed by atoms with Gasteiger partial charge in [0.1, 0.15) is 0 Å². The highest BCUT2D eigenvalue weighted by Gasteiger charge is 2.43. The van der Waals surface area contributed by atoms with Gasteiger partial charge in [-0.15, -0.1) is 0 Å². The third kappa shape index (κ3) is 3.72. The minimum absolute atomic E-state index is 1.07. The van der Waals surface area contributed by atoms with E-state index in [1.807, 2.05) is 0 Å². The Hall–Kier alpha value is -0.0800. The second kappa shape index (κ2) is 6.13. The molecule has 112 valence electrons. The summed E-state index contributed by atoms with van der Waals surface area (Å²) in [7, 11) is 4.95. The number of nitrogens with zero attached hydrogens (tertiary/aromatic N) is 2. The number of likely N-dealkylation sites (tertiary alicyclic amines) is 1. The maximum absolute atomic E-state index is 2.53. The molecule has 0 unspecified atom stereocenters. The van der Waals surface area contributed by atoms with Crippen LogP contribution in [0.5, 0.6) is 0 Å². The SMILES string of the molecule is CC[N+](C)(CC)CCC[N+]1(C)C[C@H]2CCCC[C@@H]2C1. The van der Waals surface area contributed by atoms with E-state index in [9.17, 15) is 0 Å².